The number of amides is 2. The molecule has 144 valence electrons. The van der Waals surface area contributed by atoms with Gasteiger partial charge in [-0.1, -0.05) is 66.2 Å². The normalized spacial score (nSPS) is 19.2. The van der Waals surface area contributed by atoms with Crippen LogP contribution in [0.15, 0.2) is 53.6 Å². The van der Waals surface area contributed by atoms with E-state index < -0.39 is 0 Å². The molecule has 2 saturated heterocycles. The van der Waals surface area contributed by atoms with E-state index >= 15 is 0 Å². The molecule has 6 heteroatoms. The van der Waals surface area contributed by atoms with E-state index in [1.54, 1.807) is 6.08 Å². The largest absolute Gasteiger partial charge is 0.342 e. The predicted molar refractivity (Wildman–Crippen MR) is 109 cm³/mol. The highest BCUT2D eigenvalue weighted by Gasteiger charge is 2.47. The van der Waals surface area contributed by atoms with Crippen LogP contribution in [0.25, 0.3) is 0 Å². The smallest absolute Gasteiger partial charge is 0.245 e. The van der Waals surface area contributed by atoms with Crippen LogP contribution < -0.4 is 0 Å². The number of hydrogen-bond donors (Lipinski definition) is 0. The number of benzene rings is 1. The summed E-state index contributed by atoms with van der Waals surface area (Å²) in [6.45, 7) is 6.52. The Balaban J connectivity index is 1.63. The Morgan fingerprint density at radius 2 is 1.74 bits per heavy atom. The molecule has 2 aliphatic heterocycles. The number of carbonyl (C=O) groups is 2. The first-order valence-electron chi connectivity index (χ1n) is 9.20. The zero-order valence-corrected chi connectivity index (χ0v) is 16.8. The van der Waals surface area contributed by atoms with Crippen molar-refractivity contribution in [3.63, 3.8) is 0 Å². The van der Waals surface area contributed by atoms with E-state index in [1.165, 1.54) is 6.08 Å². The van der Waals surface area contributed by atoms with Crippen LogP contribution in [0.3, 0.4) is 0 Å². The van der Waals surface area contributed by atoms with Crippen molar-refractivity contribution >= 4 is 35.0 Å². The van der Waals surface area contributed by atoms with Gasteiger partial charge in [0.15, 0.2) is 0 Å². The Hall–Kier alpha value is -1.78. The molecule has 0 bridgehead atoms. The second kappa shape index (κ2) is 8.49. The molecule has 2 amide bonds. The van der Waals surface area contributed by atoms with Crippen molar-refractivity contribution in [2.45, 2.75) is 25.2 Å². The lowest BCUT2D eigenvalue weighted by molar-refractivity contribution is -0.146. The first-order valence-corrected chi connectivity index (χ1v) is 9.96. The molecule has 2 fully saturated rings. The van der Waals surface area contributed by atoms with Gasteiger partial charge in [0.05, 0.1) is 5.92 Å². The number of halogens is 2. The minimum Gasteiger partial charge on any atom is -0.342 e. The number of carbonyl (C=O) groups excluding carboxylic acids is 2. The second-order valence-electron chi connectivity index (χ2n) is 7.42. The van der Waals surface area contributed by atoms with Crippen molar-refractivity contribution in [1.82, 2.24) is 9.80 Å². The monoisotopic (exact) mass is 406 g/mol. The number of allylic oxidation sites excluding steroid dienone is 1. The highest BCUT2D eigenvalue weighted by atomic mass is 35.5. The fourth-order valence-electron chi connectivity index (χ4n) is 4.06. The minimum absolute atomic E-state index is 0.00647. The summed E-state index contributed by atoms with van der Waals surface area (Å²) in [6.07, 6.45) is 5.38. The Morgan fingerprint density at radius 3 is 2.30 bits per heavy atom. The zero-order chi connectivity index (χ0) is 19.4. The third kappa shape index (κ3) is 4.56. The van der Waals surface area contributed by atoms with Crippen molar-refractivity contribution in [2.24, 2.45) is 5.41 Å². The van der Waals surface area contributed by atoms with Crippen LogP contribution in [0, 0.1) is 5.41 Å². The first-order chi connectivity index (χ1) is 12.9. The molecule has 1 unspecified atom stereocenters. The third-order valence-corrected chi connectivity index (χ3v) is 5.99. The number of rotatable bonds is 5. The lowest BCUT2D eigenvalue weighted by Gasteiger charge is -2.54. The van der Waals surface area contributed by atoms with Crippen molar-refractivity contribution in [3.8, 4) is 0 Å². The van der Waals surface area contributed by atoms with E-state index in [0.29, 0.717) is 6.42 Å². The van der Waals surface area contributed by atoms with E-state index in [4.69, 9.17) is 23.2 Å². The van der Waals surface area contributed by atoms with Gasteiger partial charge >= 0.3 is 0 Å². The van der Waals surface area contributed by atoms with Crippen LogP contribution >= 0.6 is 23.2 Å². The van der Waals surface area contributed by atoms with Gasteiger partial charge in [-0.25, -0.2) is 0 Å². The molecule has 0 saturated carbocycles. The van der Waals surface area contributed by atoms with Gasteiger partial charge in [0.2, 0.25) is 11.8 Å². The lowest BCUT2D eigenvalue weighted by atomic mass is 9.71. The Labute approximate surface area is 170 Å². The van der Waals surface area contributed by atoms with Gasteiger partial charge in [-0.2, -0.15) is 0 Å². The fraction of sp³-hybridized carbons (Fsp3) is 0.429. The van der Waals surface area contributed by atoms with Gasteiger partial charge in [-0.05, 0) is 30.9 Å². The molecule has 1 aromatic rings. The molecule has 2 heterocycles. The van der Waals surface area contributed by atoms with Gasteiger partial charge < -0.3 is 9.80 Å². The highest BCUT2D eigenvalue weighted by molar-refractivity contribution is 6.55. The molecule has 0 radical (unpaired) electrons. The Kier molecular flexibility index (Phi) is 6.28. The highest BCUT2D eigenvalue weighted by Crippen LogP contribution is 2.41. The van der Waals surface area contributed by atoms with Crippen molar-refractivity contribution in [2.75, 3.05) is 26.2 Å². The summed E-state index contributed by atoms with van der Waals surface area (Å²) in [5, 5.41) is 0. The van der Waals surface area contributed by atoms with Gasteiger partial charge in [-0.3, -0.25) is 9.59 Å². The molecule has 1 spiro atoms. The Bertz CT molecular complexity index is 728. The molecule has 1 aromatic carbocycles. The number of hydrogen-bond acceptors (Lipinski definition) is 2. The molecule has 0 N–H and O–H groups in total. The van der Waals surface area contributed by atoms with E-state index in [9.17, 15) is 9.59 Å². The minimum atomic E-state index is -0.284. The van der Waals surface area contributed by atoms with E-state index in [1.807, 2.05) is 40.1 Å². The van der Waals surface area contributed by atoms with Crippen molar-refractivity contribution < 1.29 is 9.59 Å². The molecule has 0 aliphatic carbocycles. The summed E-state index contributed by atoms with van der Waals surface area (Å²) in [6, 6.07) is 9.75. The lowest BCUT2D eigenvalue weighted by Crippen LogP contribution is -2.62. The van der Waals surface area contributed by atoms with Gasteiger partial charge in [0, 0.05) is 31.6 Å². The quantitative estimate of drug-likeness (QED) is 0.690. The van der Waals surface area contributed by atoms with Gasteiger partial charge in [-0.15, -0.1) is 0 Å². The van der Waals surface area contributed by atoms with Crippen LogP contribution in [-0.2, 0) is 9.59 Å². The molecule has 4 nitrogen and oxygen atoms in total. The average Bonchev–Trinajstić information content (AvgIpc) is 2.66. The molecule has 0 aromatic heterocycles. The number of likely N-dealkylation sites (tertiary alicyclic amines) is 2. The number of nitrogens with zero attached hydrogens (tertiary/aromatic N) is 2. The van der Waals surface area contributed by atoms with Crippen LogP contribution in [0.5, 0.6) is 0 Å². The third-order valence-electron chi connectivity index (χ3n) is 5.68. The molecule has 1 atom stereocenters. The van der Waals surface area contributed by atoms with Gasteiger partial charge in [0.25, 0.3) is 0 Å². The number of piperidine rings is 1. The second-order valence-corrected chi connectivity index (χ2v) is 8.42. The molecule has 27 heavy (non-hydrogen) atoms. The summed E-state index contributed by atoms with van der Waals surface area (Å²) >= 11 is 11.6. The first kappa shape index (κ1) is 20.0. The standard InChI is InChI=1S/C21H24Cl2N2O2/c1-2-19(26)25-14-21(15-25)10-12-24(13-11-21)20(27)17(8-9-18(22)23)16-6-4-3-5-7-16/h2-7,9,17H,1,8,10-15H2. The van der Waals surface area contributed by atoms with Crippen LogP contribution in [0.4, 0.5) is 0 Å². The predicted octanol–water partition coefficient (Wildman–Crippen LogP) is 4.12. The fourth-order valence-corrected chi connectivity index (χ4v) is 4.24. The van der Waals surface area contributed by atoms with Crippen molar-refractivity contribution in [3.05, 3.63) is 59.1 Å². The Morgan fingerprint density at radius 1 is 1.11 bits per heavy atom. The molecule has 3 rings (SSSR count). The maximum Gasteiger partial charge on any atom is 0.245 e. The summed E-state index contributed by atoms with van der Waals surface area (Å²) in [4.78, 5) is 28.6. The molecular weight excluding hydrogens is 383 g/mol. The van der Waals surface area contributed by atoms with E-state index in [0.717, 1.165) is 44.6 Å². The van der Waals surface area contributed by atoms with Crippen LogP contribution in [0.2, 0.25) is 0 Å². The van der Waals surface area contributed by atoms with E-state index in [-0.39, 0.29) is 27.6 Å². The van der Waals surface area contributed by atoms with E-state index in [2.05, 4.69) is 6.58 Å². The SMILES string of the molecule is C=CC(=O)N1CC2(CCN(C(=O)C(CC=C(Cl)Cl)c3ccccc3)CC2)C1. The van der Waals surface area contributed by atoms with Gasteiger partial charge in [0.1, 0.15) is 4.49 Å². The van der Waals surface area contributed by atoms with Crippen molar-refractivity contribution in [1.29, 1.82) is 0 Å². The van der Waals surface area contributed by atoms with Crippen LogP contribution in [-0.4, -0.2) is 47.8 Å². The summed E-state index contributed by atoms with van der Waals surface area (Å²) in [5.41, 5.74) is 1.14. The topological polar surface area (TPSA) is 40.6 Å². The summed E-state index contributed by atoms with van der Waals surface area (Å²) in [5.74, 6) is -0.179. The average molecular weight is 407 g/mol. The summed E-state index contributed by atoms with van der Waals surface area (Å²) < 4.78 is 0.183. The van der Waals surface area contributed by atoms with Crippen LogP contribution in [0.1, 0.15) is 30.7 Å². The maximum atomic E-state index is 13.2. The molecule has 2 aliphatic rings. The molecular formula is C21H24Cl2N2O2. The maximum absolute atomic E-state index is 13.2. The summed E-state index contributed by atoms with van der Waals surface area (Å²) in [7, 11) is 0. The zero-order valence-electron chi connectivity index (χ0n) is 15.2.